The lowest BCUT2D eigenvalue weighted by Crippen LogP contribution is -2.26. The van der Waals surface area contributed by atoms with E-state index >= 15 is 0 Å². The maximum atomic E-state index is 11.8. The van der Waals surface area contributed by atoms with Crippen LogP contribution >= 0.6 is 38.6 Å². The Labute approximate surface area is 132 Å². The predicted molar refractivity (Wildman–Crippen MR) is 82.1 cm³/mol. The molecule has 0 bridgehead atoms. The summed E-state index contributed by atoms with van der Waals surface area (Å²) in [6, 6.07) is 1.96. The molecule has 5 nitrogen and oxygen atoms in total. The molecule has 0 atom stereocenters. The summed E-state index contributed by atoms with van der Waals surface area (Å²) in [5.74, 6) is -0.639. The molecule has 8 heteroatoms. The minimum atomic E-state index is -0.354. The second-order valence-corrected chi connectivity index (χ2v) is 6.43. The normalized spacial score (nSPS) is 10.3. The van der Waals surface area contributed by atoms with Crippen LogP contribution in [0.4, 0.5) is 0 Å². The SMILES string of the molecule is COC(=O)CCNC(=O)c1csc(-c2cc(Br)cs2)n1. The van der Waals surface area contributed by atoms with Crippen molar-refractivity contribution in [2.75, 3.05) is 13.7 Å². The van der Waals surface area contributed by atoms with E-state index in [2.05, 4.69) is 31.0 Å². The summed E-state index contributed by atoms with van der Waals surface area (Å²) in [4.78, 5) is 28.1. The zero-order valence-electron chi connectivity index (χ0n) is 10.5. The monoisotopic (exact) mass is 374 g/mol. The van der Waals surface area contributed by atoms with Crippen molar-refractivity contribution < 1.29 is 14.3 Å². The third-order valence-corrected chi connectivity index (χ3v) is 5.06. The van der Waals surface area contributed by atoms with E-state index in [1.807, 2.05) is 11.4 Å². The van der Waals surface area contributed by atoms with Gasteiger partial charge in [-0.05, 0) is 22.0 Å². The van der Waals surface area contributed by atoms with Gasteiger partial charge >= 0.3 is 5.97 Å². The van der Waals surface area contributed by atoms with Gasteiger partial charge in [-0.1, -0.05) is 0 Å². The fourth-order valence-electron chi connectivity index (χ4n) is 1.39. The van der Waals surface area contributed by atoms with Crippen molar-refractivity contribution in [1.29, 1.82) is 0 Å². The van der Waals surface area contributed by atoms with Crippen molar-refractivity contribution in [3.63, 3.8) is 0 Å². The Morgan fingerprint density at radius 1 is 1.40 bits per heavy atom. The Morgan fingerprint density at radius 3 is 2.85 bits per heavy atom. The number of thiophene rings is 1. The van der Waals surface area contributed by atoms with E-state index in [9.17, 15) is 9.59 Å². The first-order chi connectivity index (χ1) is 9.60. The molecule has 2 aromatic heterocycles. The summed E-state index contributed by atoms with van der Waals surface area (Å²) in [5, 5.41) is 7.11. The van der Waals surface area contributed by atoms with E-state index in [-0.39, 0.29) is 24.8 Å². The van der Waals surface area contributed by atoms with Gasteiger partial charge in [-0.25, -0.2) is 4.98 Å². The summed E-state index contributed by atoms with van der Waals surface area (Å²) in [7, 11) is 1.32. The van der Waals surface area contributed by atoms with E-state index in [1.54, 1.807) is 16.7 Å². The number of amides is 1. The Kier molecular flexibility index (Phi) is 5.27. The largest absolute Gasteiger partial charge is 0.469 e. The molecule has 2 heterocycles. The highest BCUT2D eigenvalue weighted by Gasteiger charge is 2.13. The van der Waals surface area contributed by atoms with Crippen LogP contribution in [-0.4, -0.2) is 30.5 Å². The molecule has 0 saturated heterocycles. The number of carbonyl (C=O) groups excluding carboxylic acids is 2. The van der Waals surface area contributed by atoms with Crippen molar-refractivity contribution in [2.24, 2.45) is 0 Å². The summed E-state index contributed by atoms with van der Waals surface area (Å²) < 4.78 is 5.49. The fourth-order valence-corrected chi connectivity index (χ4v) is 3.69. The van der Waals surface area contributed by atoms with E-state index in [1.165, 1.54) is 18.4 Å². The van der Waals surface area contributed by atoms with Crippen molar-refractivity contribution in [1.82, 2.24) is 10.3 Å². The molecular weight excluding hydrogens is 364 g/mol. The second-order valence-electron chi connectivity index (χ2n) is 3.75. The van der Waals surface area contributed by atoms with Crippen LogP contribution in [0.5, 0.6) is 0 Å². The van der Waals surface area contributed by atoms with Crippen LogP contribution < -0.4 is 5.32 Å². The Bertz CT molecular complexity index is 624. The van der Waals surface area contributed by atoms with Crippen LogP contribution in [0, 0.1) is 0 Å². The highest BCUT2D eigenvalue weighted by atomic mass is 79.9. The number of hydrogen-bond donors (Lipinski definition) is 1. The van der Waals surface area contributed by atoms with Gasteiger partial charge in [0.15, 0.2) is 0 Å². The highest BCUT2D eigenvalue weighted by molar-refractivity contribution is 9.10. The molecule has 0 fully saturated rings. The van der Waals surface area contributed by atoms with Gasteiger partial charge in [-0.3, -0.25) is 9.59 Å². The van der Waals surface area contributed by atoms with Gasteiger partial charge in [0.1, 0.15) is 10.7 Å². The van der Waals surface area contributed by atoms with Crippen LogP contribution in [-0.2, 0) is 9.53 Å². The summed E-state index contributed by atoms with van der Waals surface area (Å²) in [5.41, 5.74) is 0.361. The Hall–Kier alpha value is -1.25. The number of nitrogens with one attached hydrogen (secondary N) is 1. The number of nitrogens with zero attached hydrogens (tertiary/aromatic N) is 1. The number of esters is 1. The quantitative estimate of drug-likeness (QED) is 0.816. The number of halogens is 1. The molecular formula is C12H11BrN2O3S2. The average Bonchev–Trinajstić information content (AvgIpc) is 3.06. The van der Waals surface area contributed by atoms with E-state index in [4.69, 9.17) is 0 Å². The predicted octanol–water partition coefficient (Wildman–Crippen LogP) is 2.93. The Morgan fingerprint density at radius 2 is 2.20 bits per heavy atom. The molecule has 0 aromatic carbocycles. The summed E-state index contributed by atoms with van der Waals surface area (Å²) in [6.07, 6.45) is 0.150. The third-order valence-electron chi connectivity index (χ3n) is 2.36. The molecule has 0 spiro atoms. The van der Waals surface area contributed by atoms with Crippen LogP contribution in [0.1, 0.15) is 16.9 Å². The van der Waals surface area contributed by atoms with Gasteiger partial charge in [0.2, 0.25) is 0 Å². The first kappa shape index (κ1) is 15.1. The Balaban J connectivity index is 1.95. The van der Waals surface area contributed by atoms with Gasteiger partial charge < -0.3 is 10.1 Å². The first-order valence-electron chi connectivity index (χ1n) is 5.65. The zero-order chi connectivity index (χ0) is 14.5. The second kappa shape index (κ2) is 6.96. The maximum Gasteiger partial charge on any atom is 0.307 e. The van der Waals surface area contributed by atoms with E-state index in [0.717, 1.165) is 14.4 Å². The minimum absolute atomic E-state index is 0.150. The molecule has 0 unspecified atom stereocenters. The smallest absolute Gasteiger partial charge is 0.307 e. The number of hydrogen-bond acceptors (Lipinski definition) is 6. The molecule has 1 N–H and O–H groups in total. The number of thiazole rings is 1. The topological polar surface area (TPSA) is 68.3 Å². The number of carbonyl (C=O) groups is 2. The van der Waals surface area contributed by atoms with Gasteiger partial charge in [-0.2, -0.15) is 0 Å². The molecule has 0 aliphatic carbocycles. The van der Waals surface area contributed by atoms with Gasteiger partial charge in [0.05, 0.1) is 18.4 Å². The fraction of sp³-hybridized carbons (Fsp3) is 0.250. The van der Waals surface area contributed by atoms with Gasteiger partial charge in [0, 0.05) is 21.8 Å². The molecule has 106 valence electrons. The third kappa shape index (κ3) is 3.87. The summed E-state index contributed by atoms with van der Waals surface area (Å²) >= 11 is 6.36. The van der Waals surface area contributed by atoms with Crippen molar-refractivity contribution in [2.45, 2.75) is 6.42 Å². The molecule has 2 rings (SSSR count). The number of ether oxygens (including phenoxy) is 1. The first-order valence-corrected chi connectivity index (χ1v) is 8.20. The maximum absolute atomic E-state index is 11.8. The zero-order valence-corrected chi connectivity index (χ0v) is 13.7. The number of rotatable bonds is 5. The van der Waals surface area contributed by atoms with E-state index in [0.29, 0.717) is 5.69 Å². The molecule has 2 aromatic rings. The van der Waals surface area contributed by atoms with Gasteiger partial charge in [0.25, 0.3) is 5.91 Å². The standard InChI is InChI=1S/C12H11BrN2O3S2/c1-18-10(16)2-3-14-11(17)8-6-20-12(15-8)9-4-7(13)5-19-9/h4-6H,2-3H2,1H3,(H,14,17). The lowest BCUT2D eigenvalue weighted by molar-refractivity contribution is -0.140. The van der Waals surface area contributed by atoms with Crippen LogP contribution in [0.25, 0.3) is 9.88 Å². The number of methoxy groups -OCH3 is 1. The molecule has 0 aliphatic rings. The number of aromatic nitrogens is 1. The lowest BCUT2D eigenvalue weighted by atomic mass is 10.4. The van der Waals surface area contributed by atoms with Crippen molar-refractivity contribution in [3.05, 3.63) is 27.0 Å². The highest BCUT2D eigenvalue weighted by Crippen LogP contribution is 2.31. The molecule has 0 aliphatic heterocycles. The molecule has 20 heavy (non-hydrogen) atoms. The molecule has 1 amide bonds. The molecule has 0 radical (unpaired) electrons. The summed E-state index contributed by atoms with van der Waals surface area (Å²) in [6.45, 7) is 0.239. The van der Waals surface area contributed by atoms with Crippen LogP contribution in [0.15, 0.2) is 21.3 Å². The van der Waals surface area contributed by atoms with Crippen molar-refractivity contribution in [3.8, 4) is 9.88 Å². The van der Waals surface area contributed by atoms with E-state index < -0.39 is 0 Å². The minimum Gasteiger partial charge on any atom is -0.469 e. The van der Waals surface area contributed by atoms with Crippen molar-refractivity contribution >= 4 is 50.5 Å². The molecule has 0 saturated carbocycles. The lowest BCUT2D eigenvalue weighted by Gasteiger charge is -2.01. The van der Waals surface area contributed by atoms with Gasteiger partial charge in [-0.15, -0.1) is 22.7 Å². The van der Waals surface area contributed by atoms with Crippen LogP contribution in [0.2, 0.25) is 0 Å². The van der Waals surface area contributed by atoms with Crippen LogP contribution in [0.3, 0.4) is 0 Å². The average molecular weight is 375 g/mol.